The highest BCUT2D eigenvalue weighted by atomic mass is 35.5. The van der Waals surface area contributed by atoms with E-state index in [-0.39, 0.29) is 5.15 Å². The van der Waals surface area contributed by atoms with Gasteiger partial charge >= 0.3 is 6.36 Å². The van der Waals surface area contributed by atoms with Crippen LogP contribution in [-0.2, 0) is 0 Å². The SMILES string of the molecule is O=c1[nH]c(Cl)ccc1OC(F)(F)F. The van der Waals surface area contributed by atoms with Crippen LogP contribution < -0.4 is 10.3 Å². The van der Waals surface area contributed by atoms with Crippen molar-refractivity contribution in [3.05, 3.63) is 27.6 Å². The van der Waals surface area contributed by atoms with Crippen molar-refractivity contribution in [2.45, 2.75) is 6.36 Å². The highest BCUT2D eigenvalue weighted by Gasteiger charge is 2.32. The minimum atomic E-state index is -4.87. The van der Waals surface area contributed by atoms with E-state index < -0.39 is 17.7 Å². The van der Waals surface area contributed by atoms with Gasteiger partial charge in [0.05, 0.1) is 0 Å². The van der Waals surface area contributed by atoms with Gasteiger partial charge in [-0.25, -0.2) is 0 Å². The Labute approximate surface area is 75.1 Å². The molecular weight excluding hydrogens is 211 g/mol. The first-order chi connectivity index (χ1) is 5.88. The van der Waals surface area contributed by atoms with Gasteiger partial charge in [-0.1, -0.05) is 11.6 Å². The van der Waals surface area contributed by atoms with Crippen molar-refractivity contribution in [3.63, 3.8) is 0 Å². The summed E-state index contributed by atoms with van der Waals surface area (Å²) in [5.74, 6) is -0.836. The minimum absolute atomic E-state index is 0.0560. The van der Waals surface area contributed by atoms with Crippen LogP contribution in [0.2, 0.25) is 5.15 Å². The summed E-state index contributed by atoms with van der Waals surface area (Å²) in [7, 11) is 0. The number of alkyl halides is 3. The zero-order chi connectivity index (χ0) is 10.1. The first kappa shape index (κ1) is 9.91. The van der Waals surface area contributed by atoms with E-state index in [1.54, 1.807) is 0 Å². The zero-order valence-electron chi connectivity index (χ0n) is 5.98. The van der Waals surface area contributed by atoms with E-state index in [1.807, 2.05) is 4.98 Å². The first-order valence-electron chi connectivity index (χ1n) is 3.03. The van der Waals surface area contributed by atoms with Crippen molar-refractivity contribution >= 4 is 11.6 Å². The van der Waals surface area contributed by atoms with Crippen molar-refractivity contribution < 1.29 is 17.9 Å². The molecule has 0 atom stereocenters. The average Bonchev–Trinajstić information content (AvgIpc) is 1.93. The maximum absolute atomic E-state index is 11.6. The van der Waals surface area contributed by atoms with Crippen LogP contribution in [0.1, 0.15) is 0 Å². The fourth-order valence-electron chi connectivity index (χ4n) is 0.641. The van der Waals surface area contributed by atoms with Crippen LogP contribution in [0.25, 0.3) is 0 Å². The number of H-pyrrole nitrogens is 1. The van der Waals surface area contributed by atoms with Crippen molar-refractivity contribution in [1.82, 2.24) is 4.98 Å². The molecular formula is C6H3ClF3NO2. The molecule has 0 unspecified atom stereocenters. The Morgan fingerprint density at radius 1 is 1.38 bits per heavy atom. The molecule has 0 fully saturated rings. The third kappa shape index (κ3) is 2.98. The van der Waals surface area contributed by atoms with Crippen LogP contribution in [-0.4, -0.2) is 11.3 Å². The Kier molecular flexibility index (Phi) is 2.51. The molecule has 0 aromatic carbocycles. The van der Waals surface area contributed by atoms with Gasteiger partial charge in [-0.2, -0.15) is 0 Å². The van der Waals surface area contributed by atoms with E-state index in [4.69, 9.17) is 11.6 Å². The van der Waals surface area contributed by atoms with Gasteiger partial charge < -0.3 is 9.72 Å². The van der Waals surface area contributed by atoms with E-state index in [2.05, 4.69) is 4.74 Å². The minimum Gasteiger partial charge on any atom is -0.400 e. The van der Waals surface area contributed by atoms with Crippen LogP contribution in [0.3, 0.4) is 0 Å². The lowest BCUT2D eigenvalue weighted by Gasteiger charge is -2.06. The van der Waals surface area contributed by atoms with Gasteiger partial charge in [0, 0.05) is 0 Å². The average molecular weight is 214 g/mol. The van der Waals surface area contributed by atoms with Gasteiger partial charge in [0.25, 0.3) is 5.56 Å². The quantitative estimate of drug-likeness (QED) is 0.725. The number of rotatable bonds is 1. The standard InChI is InChI=1S/C6H3ClF3NO2/c7-4-2-1-3(5(12)11-4)13-6(8,9)10/h1-2H,(H,11,12). The van der Waals surface area contributed by atoms with Crippen LogP contribution in [0.15, 0.2) is 16.9 Å². The molecule has 0 saturated carbocycles. The normalized spacial score (nSPS) is 11.4. The lowest BCUT2D eigenvalue weighted by molar-refractivity contribution is -0.275. The molecule has 1 heterocycles. The van der Waals surface area contributed by atoms with Gasteiger partial charge in [-0.3, -0.25) is 4.79 Å². The number of hydrogen-bond acceptors (Lipinski definition) is 2. The molecule has 0 bridgehead atoms. The summed E-state index contributed by atoms with van der Waals surface area (Å²) in [5.41, 5.74) is -1.02. The number of hydrogen-bond donors (Lipinski definition) is 1. The molecule has 0 aliphatic rings. The van der Waals surface area contributed by atoms with Crippen molar-refractivity contribution in [2.75, 3.05) is 0 Å². The monoisotopic (exact) mass is 213 g/mol. The molecule has 0 aliphatic heterocycles. The van der Waals surface area contributed by atoms with Gasteiger partial charge in [0.2, 0.25) is 0 Å². The lowest BCUT2D eigenvalue weighted by atomic mass is 10.4. The fourth-order valence-corrected chi connectivity index (χ4v) is 0.790. The summed E-state index contributed by atoms with van der Waals surface area (Å²) < 4.78 is 38.2. The maximum atomic E-state index is 11.6. The van der Waals surface area contributed by atoms with Gasteiger partial charge in [-0.15, -0.1) is 13.2 Å². The number of aromatic nitrogens is 1. The van der Waals surface area contributed by atoms with Gasteiger partial charge in [0.1, 0.15) is 5.15 Å². The highest BCUT2D eigenvalue weighted by Crippen LogP contribution is 2.19. The second kappa shape index (κ2) is 3.29. The summed E-state index contributed by atoms with van der Waals surface area (Å²) in [6.07, 6.45) is -4.87. The number of halogens is 4. The molecule has 0 aliphatic carbocycles. The van der Waals surface area contributed by atoms with Gasteiger partial charge in [-0.05, 0) is 12.1 Å². The molecule has 1 aromatic heterocycles. The summed E-state index contributed by atoms with van der Waals surface area (Å²) in [5, 5.41) is -0.0560. The molecule has 13 heavy (non-hydrogen) atoms. The summed E-state index contributed by atoms with van der Waals surface area (Å²) in [6.45, 7) is 0. The zero-order valence-corrected chi connectivity index (χ0v) is 6.74. The van der Waals surface area contributed by atoms with Crippen LogP contribution in [0.5, 0.6) is 5.75 Å². The van der Waals surface area contributed by atoms with Crippen molar-refractivity contribution in [2.24, 2.45) is 0 Å². The molecule has 0 radical (unpaired) electrons. The third-order valence-corrected chi connectivity index (χ3v) is 1.28. The fraction of sp³-hybridized carbons (Fsp3) is 0.167. The van der Waals surface area contributed by atoms with Gasteiger partial charge in [0.15, 0.2) is 5.75 Å². The van der Waals surface area contributed by atoms with Crippen LogP contribution in [0, 0.1) is 0 Å². The molecule has 0 amide bonds. The largest absolute Gasteiger partial charge is 0.573 e. The number of ether oxygens (including phenoxy) is 1. The smallest absolute Gasteiger partial charge is 0.400 e. The molecule has 0 spiro atoms. The summed E-state index contributed by atoms with van der Waals surface area (Å²) in [4.78, 5) is 12.7. The Balaban J connectivity index is 2.98. The molecule has 1 aromatic rings. The van der Waals surface area contributed by atoms with Crippen LogP contribution in [0.4, 0.5) is 13.2 Å². The summed E-state index contributed by atoms with van der Waals surface area (Å²) >= 11 is 5.30. The van der Waals surface area contributed by atoms with Crippen LogP contribution >= 0.6 is 11.6 Å². The molecule has 1 rings (SSSR count). The topological polar surface area (TPSA) is 42.1 Å². The Bertz CT molecular complexity index is 360. The highest BCUT2D eigenvalue weighted by molar-refractivity contribution is 6.29. The van der Waals surface area contributed by atoms with E-state index in [1.165, 1.54) is 0 Å². The second-order valence-corrected chi connectivity index (χ2v) is 2.45. The Morgan fingerprint density at radius 3 is 2.46 bits per heavy atom. The second-order valence-electron chi connectivity index (χ2n) is 2.05. The van der Waals surface area contributed by atoms with Crippen molar-refractivity contribution in [3.8, 4) is 5.75 Å². The number of nitrogens with one attached hydrogen (secondary N) is 1. The van der Waals surface area contributed by atoms with E-state index >= 15 is 0 Å². The van der Waals surface area contributed by atoms with E-state index in [9.17, 15) is 18.0 Å². The van der Waals surface area contributed by atoms with Crippen molar-refractivity contribution in [1.29, 1.82) is 0 Å². The predicted molar refractivity (Wildman–Crippen MR) is 38.8 cm³/mol. The molecule has 3 nitrogen and oxygen atoms in total. The number of pyridine rings is 1. The third-order valence-electron chi connectivity index (χ3n) is 1.06. The van der Waals surface area contributed by atoms with E-state index in [0.717, 1.165) is 12.1 Å². The van der Waals surface area contributed by atoms with E-state index in [0.29, 0.717) is 0 Å². The molecule has 0 saturated heterocycles. The number of aromatic amines is 1. The predicted octanol–water partition coefficient (Wildman–Crippen LogP) is 1.93. The molecule has 72 valence electrons. The Morgan fingerprint density at radius 2 is 2.00 bits per heavy atom. The maximum Gasteiger partial charge on any atom is 0.573 e. The molecule has 7 heteroatoms. The first-order valence-corrected chi connectivity index (χ1v) is 3.41. The molecule has 1 N–H and O–H groups in total. The summed E-state index contributed by atoms with van der Waals surface area (Å²) in [6, 6.07) is 1.93. The lowest BCUT2D eigenvalue weighted by Crippen LogP contribution is -2.22. The Hall–Kier alpha value is -1.17.